The summed E-state index contributed by atoms with van der Waals surface area (Å²) in [5, 5.41) is 0. The molecule has 0 aromatic heterocycles. The fourth-order valence-electron chi connectivity index (χ4n) is 1.37. The average Bonchev–Trinajstić information content (AvgIpc) is 2.02. The SMILES string of the molecule is CCc1c(C)cccc1S(=O)(=O)O. The summed E-state index contributed by atoms with van der Waals surface area (Å²) in [5.41, 5.74) is 1.57. The van der Waals surface area contributed by atoms with Gasteiger partial charge in [-0.15, -0.1) is 0 Å². The first-order chi connectivity index (χ1) is 5.96. The first-order valence-corrected chi connectivity index (χ1v) is 5.46. The first-order valence-electron chi connectivity index (χ1n) is 4.02. The summed E-state index contributed by atoms with van der Waals surface area (Å²) < 4.78 is 30.7. The van der Waals surface area contributed by atoms with Gasteiger partial charge in [-0.1, -0.05) is 19.1 Å². The topological polar surface area (TPSA) is 54.4 Å². The molecule has 4 heteroatoms. The van der Waals surface area contributed by atoms with Gasteiger partial charge < -0.3 is 0 Å². The molecule has 0 heterocycles. The van der Waals surface area contributed by atoms with Crippen molar-refractivity contribution in [3.63, 3.8) is 0 Å². The van der Waals surface area contributed by atoms with Crippen LogP contribution in [0.1, 0.15) is 18.1 Å². The van der Waals surface area contributed by atoms with Crippen LogP contribution in [-0.2, 0) is 16.5 Å². The Morgan fingerprint density at radius 3 is 2.38 bits per heavy atom. The van der Waals surface area contributed by atoms with Crippen molar-refractivity contribution in [3.8, 4) is 0 Å². The van der Waals surface area contributed by atoms with Gasteiger partial charge in [-0.25, -0.2) is 0 Å². The van der Waals surface area contributed by atoms with Gasteiger partial charge in [0.15, 0.2) is 0 Å². The highest BCUT2D eigenvalue weighted by Gasteiger charge is 2.14. The molecule has 0 radical (unpaired) electrons. The van der Waals surface area contributed by atoms with E-state index < -0.39 is 10.1 Å². The molecule has 0 amide bonds. The van der Waals surface area contributed by atoms with E-state index in [-0.39, 0.29) is 4.90 Å². The van der Waals surface area contributed by atoms with Crippen LogP contribution in [0.5, 0.6) is 0 Å². The largest absolute Gasteiger partial charge is 0.294 e. The highest BCUT2D eigenvalue weighted by atomic mass is 32.2. The molecule has 1 aromatic carbocycles. The van der Waals surface area contributed by atoms with Crippen LogP contribution in [0.2, 0.25) is 0 Å². The summed E-state index contributed by atoms with van der Waals surface area (Å²) in [6, 6.07) is 4.87. The number of benzene rings is 1. The summed E-state index contributed by atoms with van der Waals surface area (Å²) in [6.07, 6.45) is 0.599. The molecule has 0 saturated heterocycles. The Kier molecular flexibility index (Phi) is 2.73. The second-order valence-corrected chi connectivity index (χ2v) is 4.27. The van der Waals surface area contributed by atoms with Gasteiger partial charge in [0.05, 0.1) is 4.90 Å². The predicted molar refractivity (Wildman–Crippen MR) is 50.4 cm³/mol. The Hall–Kier alpha value is -0.870. The smallest absolute Gasteiger partial charge is 0.282 e. The second-order valence-electron chi connectivity index (χ2n) is 2.88. The summed E-state index contributed by atoms with van der Waals surface area (Å²) >= 11 is 0. The molecule has 1 N–H and O–H groups in total. The minimum absolute atomic E-state index is 0.0231. The lowest BCUT2D eigenvalue weighted by atomic mass is 10.1. The number of rotatable bonds is 2. The van der Waals surface area contributed by atoms with E-state index in [0.29, 0.717) is 12.0 Å². The second kappa shape index (κ2) is 3.47. The molecule has 0 atom stereocenters. The number of aryl methyl sites for hydroxylation is 1. The molecule has 13 heavy (non-hydrogen) atoms. The zero-order valence-corrected chi connectivity index (χ0v) is 8.43. The van der Waals surface area contributed by atoms with Crippen LogP contribution in [0.4, 0.5) is 0 Å². The van der Waals surface area contributed by atoms with E-state index in [1.54, 1.807) is 6.07 Å². The highest BCUT2D eigenvalue weighted by Crippen LogP contribution is 2.19. The van der Waals surface area contributed by atoms with Gasteiger partial charge in [0.25, 0.3) is 10.1 Å². The molecule has 0 spiro atoms. The van der Waals surface area contributed by atoms with Crippen molar-refractivity contribution in [2.45, 2.75) is 25.2 Å². The van der Waals surface area contributed by atoms with Gasteiger partial charge in [-0.05, 0) is 30.5 Å². The fraction of sp³-hybridized carbons (Fsp3) is 0.333. The predicted octanol–water partition coefficient (Wildman–Crippen LogP) is 1.80. The molecular weight excluding hydrogens is 188 g/mol. The maximum absolute atomic E-state index is 10.9. The molecule has 0 fully saturated rings. The minimum atomic E-state index is -4.07. The van der Waals surface area contributed by atoms with Crippen molar-refractivity contribution >= 4 is 10.1 Å². The van der Waals surface area contributed by atoms with Crippen LogP contribution in [0.3, 0.4) is 0 Å². The third kappa shape index (κ3) is 2.08. The van der Waals surface area contributed by atoms with Gasteiger partial charge >= 0.3 is 0 Å². The first kappa shape index (κ1) is 10.2. The molecule has 0 bridgehead atoms. The molecule has 1 rings (SSSR count). The molecule has 0 unspecified atom stereocenters. The van der Waals surface area contributed by atoms with E-state index in [9.17, 15) is 8.42 Å². The van der Waals surface area contributed by atoms with E-state index in [1.165, 1.54) is 6.07 Å². The van der Waals surface area contributed by atoms with Crippen molar-refractivity contribution < 1.29 is 13.0 Å². The van der Waals surface area contributed by atoms with Gasteiger partial charge in [-0.3, -0.25) is 4.55 Å². The lowest BCUT2D eigenvalue weighted by molar-refractivity contribution is 0.482. The lowest BCUT2D eigenvalue weighted by Gasteiger charge is -2.07. The third-order valence-electron chi connectivity index (χ3n) is 2.00. The van der Waals surface area contributed by atoms with E-state index >= 15 is 0 Å². The van der Waals surface area contributed by atoms with Crippen LogP contribution in [0.15, 0.2) is 23.1 Å². The van der Waals surface area contributed by atoms with E-state index in [2.05, 4.69) is 0 Å². The molecular formula is C9H12O3S. The van der Waals surface area contributed by atoms with Gasteiger partial charge in [0.2, 0.25) is 0 Å². The normalized spacial score (nSPS) is 11.6. The van der Waals surface area contributed by atoms with Gasteiger partial charge in [0, 0.05) is 0 Å². The summed E-state index contributed by atoms with van der Waals surface area (Å²) in [5.74, 6) is 0. The summed E-state index contributed by atoms with van der Waals surface area (Å²) in [7, 11) is -4.07. The maximum Gasteiger partial charge on any atom is 0.294 e. The Labute approximate surface area is 78.2 Å². The average molecular weight is 200 g/mol. The molecule has 1 aromatic rings. The monoisotopic (exact) mass is 200 g/mol. The molecule has 3 nitrogen and oxygen atoms in total. The van der Waals surface area contributed by atoms with Crippen molar-refractivity contribution in [1.82, 2.24) is 0 Å². The maximum atomic E-state index is 10.9. The Morgan fingerprint density at radius 2 is 2.00 bits per heavy atom. The van der Waals surface area contributed by atoms with Crippen LogP contribution < -0.4 is 0 Å². The molecule has 0 aliphatic rings. The highest BCUT2D eigenvalue weighted by molar-refractivity contribution is 7.85. The third-order valence-corrected chi connectivity index (χ3v) is 2.94. The lowest BCUT2D eigenvalue weighted by Crippen LogP contribution is -2.03. The Bertz CT molecular complexity index is 407. The number of hydrogen-bond acceptors (Lipinski definition) is 2. The summed E-state index contributed by atoms with van der Waals surface area (Å²) in [6.45, 7) is 3.69. The van der Waals surface area contributed by atoms with Crippen LogP contribution in [0, 0.1) is 6.92 Å². The van der Waals surface area contributed by atoms with Crippen molar-refractivity contribution in [3.05, 3.63) is 29.3 Å². The molecule has 72 valence electrons. The number of hydrogen-bond donors (Lipinski definition) is 1. The zero-order valence-electron chi connectivity index (χ0n) is 7.61. The molecule has 0 aliphatic carbocycles. The molecule has 0 aliphatic heterocycles. The van der Waals surface area contributed by atoms with Crippen molar-refractivity contribution in [2.24, 2.45) is 0 Å². The van der Waals surface area contributed by atoms with E-state index in [0.717, 1.165) is 5.56 Å². The zero-order chi connectivity index (χ0) is 10.1. The fourth-order valence-corrected chi connectivity index (χ4v) is 2.24. The minimum Gasteiger partial charge on any atom is -0.282 e. The van der Waals surface area contributed by atoms with Gasteiger partial charge in [-0.2, -0.15) is 8.42 Å². The standard InChI is InChI=1S/C9H12O3S/c1-3-8-7(2)5-4-6-9(8)13(10,11)12/h4-6H,3H2,1-2H3,(H,10,11,12). The molecule has 0 saturated carbocycles. The van der Waals surface area contributed by atoms with Crippen molar-refractivity contribution in [2.75, 3.05) is 0 Å². The van der Waals surface area contributed by atoms with Gasteiger partial charge in [0.1, 0.15) is 0 Å². The van der Waals surface area contributed by atoms with E-state index in [4.69, 9.17) is 4.55 Å². The van der Waals surface area contributed by atoms with Crippen LogP contribution in [-0.4, -0.2) is 13.0 Å². The van der Waals surface area contributed by atoms with Crippen molar-refractivity contribution in [1.29, 1.82) is 0 Å². The van der Waals surface area contributed by atoms with Crippen LogP contribution >= 0.6 is 0 Å². The Balaban J connectivity index is 3.47. The quantitative estimate of drug-likeness (QED) is 0.741. The van der Waals surface area contributed by atoms with E-state index in [1.807, 2.05) is 19.9 Å². The summed E-state index contributed by atoms with van der Waals surface area (Å²) in [4.78, 5) is 0.0231. The van der Waals surface area contributed by atoms with Crippen LogP contribution in [0.25, 0.3) is 0 Å². The Morgan fingerprint density at radius 1 is 1.38 bits per heavy atom.